The van der Waals surface area contributed by atoms with E-state index in [4.69, 9.17) is 0 Å². The summed E-state index contributed by atoms with van der Waals surface area (Å²) < 4.78 is 0. The van der Waals surface area contributed by atoms with Crippen molar-refractivity contribution < 1.29 is 9.59 Å². The van der Waals surface area contributed by atoms with Gasteiger partial charge in [0.05, 0.1) is 11.8 Å². The summed E-state index contributed by atoms with van der Waals surface area (Å²) in [4.78, 5) is 27.3. The third-order valence-electron chi connectivity index (χ3n) is 5.69. The second kappa shape index (κ2) is 9.12. The van der Waals surface area contributed by atoms with Crippen LogP contribution in [0.4, 0.5) is 17.1 Å². The quantitative estimate of drug-likeness (QED) is 0.688. The smallest absolute Gasteiger partial charge is 0.228 e. The maximum atomic E-state index is 12.6. The van der Waals surface area contributed by atoms with Gasteiger partial charge in [0.15, 0.2) is 0 Å². The summed E-state index contributed by atoms with van der Waals surface area (Å²) in [6.07, 6.45) is 1.57. The molecule has 5 nitrogen and oxygen atoms in total. The first-order chi connectivity index (χ1) is 14.0. The van der Waals surface area contributed by atoms with Crippen molar-refractivity contribution in [2.75, 3.05) is 28.6 Å². The third kappa shape index (κ3) is 4.97. The number of anilines is 3. The molecule has 0 aromatic heterocycles. The normalized spacial score (nSPS) is 17.5. The van der Waals surface area contributed by atoms with E-state index in [1.54, 1.807) is 0 Å². The molecule has 29 heavy (non-hydrogen) atoms. The SMILES string of the molecule is CCc1ccc(NC(=O)C2CC2C(=O)Nc2ccc(N(CC)CC)cc2C)cc1. The monoisotopic (exact) mass is 393 g/mol. The van der Waals surface area contributed by atoms with Crippen molar-refractivity contribution in [1.82, 2.24) is 0 Å². The molecule has 0 spiro atoms. The number of carbonyl (C=O) groups excluding carboxylic acids is 2. The molecule has 2 atom stereocenters. The summed E-state index contributed by atoms with van der Waals surface area (Å²) in [5, 5.41) is 5.92. The van der Waals surface area contributed by atoms with Crippen LogP contribution >= 0.6 is 0 Å². The van der Waals surface area contributed by atoms with Gasteiger partial charge in [-0.2, -0.15) is 0 Å². The Morgan fingerprint density at radius 1 is 0.931 bits per heavy atom. The molecule has 1 saturated carbocycles. The Labute approximate surface area is 173 Å². The molecule has 0 saturated heterocycles. The van der Waals surface area contributed by atoms with Crippen molar-refractivity contribution in [2.45, 2.75) is 40.5 Å². The summed E-state index contributed by atoms with van der Waals surface area (Å²) in [5.74, 6) is -0.670. The van der Waals surface area contributed by atoms with Crippen LogP contribution in [-0.4, -0.2) is 24.9 Å². The topological polar surface area (TPSA) is 61.4 Å². The summed E-state index contributed by atoms with van der Waals surface area (Å²) in [5.41, 5.74) is 5.01. The lowest BCUT2D eigenvalue weighted by Gasteiger charge is -2.22. The van der Waals surface area contributed by atoms with Crippen molar-refractivity contribution >= 4 is 28.9 Å². The summed E-state index contributed by atoms with van der Waals surface area (Å²) >= 11 is 0. The van der Waals surface area contributed by atoms with Gasteiger partial charge in [-0.1, -0.05) is 19.1 Å². The number of amides is 2. The fourth-order valence-electron chi connectivity index (χ4n) is 3.63. The molecule has 1 fully saturated rings. The average molecular weight is 394 g/mol. The van der Waals surface area contributed by atoms with Gasteiger partial charge < -0.3 is 15.5 Å². The molecular weight excluding hydrogens is 362 g/mol. The Kier molecular flexibility index (Phi) is 6.57. The highest BCUT2D eigenvalue weighted by atomic mass is 16.2. The van der Waals surface area contributed by atoms with Crippen LogP contribution in [0.15, 0.2) is 42.5 Å². The zero-order chi connectivity index (χ0) is 21.0. The predicted molar refractivity (Wildman–Crippen MR) is 119 cm³/mol. The molecule has 2 unspecified atom stereocenters. The first-order valence-electron chi connectivity index (χ1n) is 10.5. The van der Waals surface area contributed by atoms with Crippen LogP contribution in [0.3, 0.4) is 0 Å². The van der Waals surface area contributed by atoms with Gasteiger partial charge in [-0.05, 0) is 75.1 Å². The molecule has 0 bridgehead atoms. The van der Waals surface area contributed by atoms with Crippen LogP contribution in [0.25, 0.3) is 0 Å². The lowest BCUT2D eigenvalue weighted by molar-refractivity contribution is -0.122. The first-order valence-corrected chi connectivity index (χ1v) is 10.5. The van der Waals surface area contributed by atoms with Gasteiger partial charge in [-0.3, -0.25) is 9.59 Å². The minimum absolute atomic E-state index is 0.0785. The van der Waals surface area contributed by atoms with E-state index in [0.717, 1.165) is 42.1 Å². The Morgan fingerprint density at radius 2 is 1.55 bits per heavy atom. The highest BCUT2D eigenvalue weighted by Crippen LogP contribution is 2.40. The van der Waals surface area contributed by atoms with Crippen LogP contribution in [0.5, 0.6) is 0 Å². The molecule has 5 heteroatoms. The number of nitrogens with zero attached hydrogens (tertiary/aromatic N) is 1. The van der Waals surface area contributed by atoms with E-state index in [2.05, 4.69) is 42.4 Å². The molecule has 1 aliphatic carbocycles. The van der Waals surface area contributed by atoms with Gasteiger partial charge in [0.25, 0.3) is 0 Å². The van der Waals surface area contributed by atoms with Crippen molar-refractivity contribution in [3.8, 4) is 0 Å². The summed E-state index contributed by atoms with van der Waals surface area (Å²) in [7, 11) is 0. The lowest BCUT2D eigenvalue weighted by atomic mass is 10.1. The maximum Gasteiger partial charge on any atom is 0.228 e. The number of nitrogens with one attached hydrogen (secondary N) is 2. The molecule has 154 valence electrons. The molecule has 2 amide bonds. The molecule has 2 aromatic rings. The largest absolute Gasteiger partial charge is 0.372 e. The zero-order valence-corrected chi connectivity index (χ0v) is 17.8. The number of hydrogen-bond acceptors (Lipinski definition) is 3. The second-order valence-corrected chi connectivity index (χ2v) is 7.65. The standard InChI is InChI=1S/C24H31N3O2/c1-5-17-8-10-18(11-9-17)25-23(28)20-15-21(20)24(29)26-22-13-12-19(14-16(22)4)27(6-2)7-3/h8-14,20-21H,5-7,15H2,1-4H3,(H,25,28)(H,26,29). The summed E-state index contributed by atoms with van der Waals surface area (Å²) in [6.45, 7) is 10.2. The second-order valence-electron chi connectivity index (χ2n) is 7.65. The van der Waals surface area contributed by atoms with E-state index in [-0.39, 0.29) is 23.7 Å². The van der Waals surface area contributed by atoms with Crippen LogP contribution < -0.4 is 15.5 Å². The van der Waals surface area contributed by atoms with E-state index >= 15 is 0 Å². The highest BCUT2D eigenvalue weighted by molar-refractivity contribution is 6.03. The van der Waals surface area contributed by atoms with Crippen molar-refractivity contribution in [3.63, 3.8) is 0 Å². The molecule has 0 radical (unpaired) electrons. The summed E-state index contributed by atoms with van der Waals surface area (Å²) in [6, 6.07) is 13.9. The molecule has 1 aliphatic rings. The number of hydrogen-bond donors (Lipinski definition) is 2. The fraction of sp³-hybridized carbons (Fsp3) is 0.417. The third-order valence-corrected chi connectivity index (χ3v) is 5.69. The Balaban J connectivity index is 1.56. The van der Waals surface area contributed by atoms with E-state index in [1.165, 1.54) is 5.56 Å². The van der Waals surface area contributed by atoms with E-state index < -0.39 is 0 Å². The maximum absolute atomic E-state index is 12.6. The van der Waals surface area contributed by atoms with Gasteiger partial charge in [0.2, 0.25) is 11.8 Å². The molecule has 0 heterocycles. The van der Waals surface area contributed by atoms with Gasteiger partial charge in [-0.25, -0.2) is 0 Å². The first kappa shape index (κ1) is 20.9. The molecule has 0 aliphatic heterocycles. The molecule has 2 N–H and O–H groups in total. The van der Waals surface area contributed by atoms with Gasteiger partial charge in [0, 0.05) is 30.2 Å². The fourth-order valence-corrected chi connectivity index (χ4v) is 3.63. The van der Waals surface area contributed by atoms with Gasteiger partial charge in [0.1, 0.15) is 0 Å². The number of benzene rings is 2. The van der Waals surface area contributed by atoms with E-state index in [1.807, 2.05) is 43.3 Å². The van der Waals surface area contributed by atoms with Crippen LogP contribution in [0.2, 0.25) is 0 Å². The van der Waals surface area contributed by atoms with Gasteiger partial charge in [-0.15, -0.1) is 0 Å². The predicted octanol–water partition coefficient (Wildman–Crippen LogP) is 4.62. The van der Waals surface area contributed by atoms with Crippen molar-refractivity contribution in [2.24, 2.45) is 11.8 Å². The molecule has 2 aromatic carbocycles. The number of aryl methyl sites for hydroxylation is 2. The lowest BCUT2D eigenvalue weighted by Crippen LogP contribution is -2.22. The van der Waals surface area contributed by atoms with Crippen LogP contribution in [0, 0.1) is 18.8 Å². The Morgan fingerprint density at radius 3 is 2.10 bits per heavy atom. The minimum atomic E-state index is -0.258. The number of carbonyl (C=O) groups is 2. The zero-order valence-electron chi connectivity index (χ0n) is 17.8. The van der Waals surface area contributed by atoms with Crippen molar-refractivity contribution in [3.05, 3.63) is 53.6 Å². The minimum Gasteiger partial charge on any atom is -0.372 e. The van der Waals surface area contributed by atoms with Crippen molar-refractivity contribution in [1.29, 1.82) is 0 Å². The van der Waals surface area contributed by atoms with E-state index in [9.17, 15) is 9.59 Å². The number of rotatable bonds is 8. The Hall–Kier alpha value is -2.82. The average Bonchev–Trinajstić information content (AvgIpc) is 3.52. The van der Waals surface area contributed by atoms with Crippen LogP contribution in [-0.2, 0) is 16.0 Å². The van der Waals surface area contributed by atoms with Crippen LogP contribution in [0.1, 0.15) is 38.3 Å². The Bertz CT molecular complexity index is 872. The van der Waals surface area contributed by atoms with Gasteiger partial charge >= 0.3 is 0 Å². The highest BCUT2D eigenvalue weighted by Gasteiger charge is 2.48. The molecule has 3 rings (SSSR count). The van der Waals surface area contributed by atoms with E-state index in [0.29, 0.717) is 6.42 Å². The molecular formula is C24H31N3O2.